The van der Waals surface area contributed by atoms with E-state index in [1.165, 1.54) is 12.0 Å². The number of benzene rings is 1. The standard InChI is InChI=1S/C12H16.C2H6/c1-3-11(2)9-10-12-7-5-4-6-8-12;1-2/h4-11H,3H2,1-2H3;1-2H3/b10-9+;. The van der Waals surface area contributed by atoms with Crippen LogP contribution < -0.4 is 0 Å². The minimum Gasteiger partial charge on any atom is -0.0811 e. The van der Waals surface area contributed by atoms with Crippen molar-refractivity contribution in [1.29, 1.82) is 0 Å². The fourth-order valence-corrected chi connectivity index (χ4v) is 0.976. The minimum absolute atomic E-state index is 0.685. The van der Waals surface area contributed by atoms with Gasteiger partial charge in [0.15, 0.2) is 0 Å². The first kappa shape index (κ1) is 13.0. The molecule has 0 saturated heterocycles. The lowest BCUT2D eigenvalue weighted by atomic mass is 10.1. The molecule has 0 heteroatoms. The highest BCUT2D eigenvalue weighted by atomic mass is 14.0. The quantitative estimate of drug-likeness (QED) is 0.644. The van der Waals surface area contributed by atoms with Gasteiger partial charge < -0.3 is 0 Å². The lowest BCUT2D eigenvalue weighted by molar-refractivity contribution is 0.701. The summed E-state index contributed by atoms with van der Waals surface area (Å²) in [6.45, 7) is 8.44. The zero-order valence-corrected chi connectivity index (χ0v) is 9.83. The summed E-state index contributed by atoms with van der Waals surface area (Å²) in [6.07, 6.45) is 5.66. The van der Waals surface area contributed by atoms with E-state index in [1.54, 1.807) is 0 Å². The fraction of sp³-hybridized carbons (Fsp3) is 0.429. The second-order valence-corrected chi connectivity index (χ2v) is 3.16. The SMILES string of the molecule is CC.CCC(C)/C=C/c1ccccc1. The van der Waals surface area contributed by atoms with E-state index in [9.17, 15) is 0 Å². The van der Waals surface area contributed by atoms with Crippen molar-refractivity contribution in [2.75, 3.05) is 0 Å². The van der Waals surface area contributed by atoms with E-state index in [0.717, 1.165) is 0 Å². The molecule has 0 heterocycles. The van der Waals surface area contributed by atoms with Gasteiger partial charge in [0.05, 0.1) is 0 Å². The summed E-state index contributed by atoms with van der Waals surface area (Å²) in [4.78, 5) is 0. The van der Waals surface area contributed by atoms with E-state index in [-0.39, 0.29) is 0 Å². The molecule has 0 fully saturated rings. The Bertz CT molecular complexity index is 233. The van der Waals surface area contributed by atoms with Gasteiger partial charge in [-0.3, -0.25) is 0 Å². The Morgan fingerprint density at radius 3 is 2.21 bits per heavy atom. The van der Waals surface area contributed by atoms with Gasteiger partial charge in [-0.25, -0.2) is 0 Å². The molecule has 1 rings (SSSR count). The molecule has 1 aromatic carbocycles. The maximum Gasteiger partial charge on any atom is -0.0260 e. The van der Waals surface area contributed by atoms with Gasteiger partial charge in [0.2, 0.25) is 0 Å². The van der Waals surface area contributed by atoms with Crippen LogP contribution in [0.25, 0.3) is 6.08 Å². The molecule has 0 amide bonds. The first-order valence-corrected chi connectivity index (χ1v) is 5.56. The van der Waals surface area contributed by atoms with Crippen LogP contribution in [0.5, 0.6) is 0 Å². The molecular formula is C14H22. The Morgan fingerprint density at radius 1 is 1.14 bits per heavy atom. The van der Waals surface area contributed by atoms with Crippen molar-refractivity contribution in [2.45, 2.75) is 34.1 Å². The third-order valence-corrected chi connectivity index (χ3v) is 2.06. The van der Waals surface area contributed by atoms with Crippen molar-refractivity contribution in [1.82, 2.24) is 0 Å². The van der Waals surface area contributed by atoms with Crippen molar-refractivity contribution in [3.8, 4) is 0 Å². The maximum atomic E-state index is 2.26. The Balaban J connectivity index is 0.000000791. The highest BCUT2D eigenvalue weighted by molar-refractivity contribution is 5.48. The summed E-state index contributed by atoms with van der Waals surface area (Å²) in [7, 11) is 0. The molecule has 1 unspecified atom stereocenters. The van der Waals surface area contributed by atoms with Crippen LogP contribution in [0.1, 0.15) is 39.7 Å². The molecule has 14 heavy (non-hydrogen) atoms. The molecule has 0 spiro atoms. The number of rotatable bonds is 3. The number of allylic oxidation sites excluding steroid dienone is 1. The molecular weight excluding hydrogens is 168 g/mol. The summed E-state index contributed by atoms with van der Waals surface area (Å²) in [5.41, 5.74) is 1.29. The van der Waals surface area contributed by atoms with E-state index in [0.29, 0.717) is 5.92 Å². The van der Waals surface area contributed by atoms with Crippen LogP contribution in [-0.4, -0.2) is 0 Å². The van der Waals surface area contributed by atoms with Gasteiger partial charge >= 0.3 is 0 Å². The van der Waals surface area contributed by atoms with Gasteiger partial charge in [-0.05, 0) is 11.5 Å². The van der Waals surface area contributed by atoms with E-state index in [2.05, 4.69) is 50.3 Å². The summed E-state index contributed by atoms with van der Waals surface area (Å²) >= 11 is 0. The molecule has 0 aliphatic rings. The molecule has 1 aromatic rings. The molecule has 0 N–H and O–H groups in total. The van der Waals surface area contributed by atoms with E-state index in [4.69, 9.17) is 0 Å². The number of hydrogen-bond donors (Lipinski definition) is 0. The van der Waals surface area contributed by atoms with Crippen LogP contribution in [0, 0.1) is 5.92 Å². The van der Waals surface area contributed by atoms with Gasteiger partial charge in [0.25, 0.3) is 0 Å². The highest BCUT2D eigenvalue weighted by Crippen LogP contribution is 2.07. The van der Waals surface area contributed by atoms with Crippen LogP contribution in [0.4, 0.5) is 0 Å². The van der Waals surface area contributed by atoms with Crippen molar-refractivity contribution < 1.29 is 0 Å². The summed E-state index contributed by atoms with van der Waals surface area (Å²) in [5, 5.41) is 0. The van der Waals surface area contributed by atoms with E-state index in [1.807, 2.05) is 19.9 Å². The summed E-state index contributed by atoms with van der Waals surface area (Å²) < 4.78 is 0. The van der Waals surface area contributed by atoms with Crippen molar-refractivity contribution in [3.63, 3.8) is 0 Å². The topological polar surface area (TPSA) is 0 Å². The third-order valence-electron chi connectivity index (χ3n) is 2.06. The summed E-state index contributed by atoms with van der Waals surface area (Å²) in [5.74, 6) is 0.685. The van der Waals surface area contributed by atoms with Gasteiger partial charge in [0, 0.05) is 0 Å². The molecule has 78 valence electrons. The van der Waals surface area contributed by atoms with E-state index < -0.39 is 0 Å². The van der Waals surface area contributed by atoms with Crippen LogP contribution in [0.2, 0.25) is 0 Å². The smallest absolute Gasteiger partial charge is 0.0260 e. The molecule has 0 aromatic heterocycles. The Hall–Kier alpha value is -1.04. The van der Waals surface area contributed by atoms with Crippen molar-refractivity contribution in [3.05, 3.63) is 42.0 Å². The second-order valence-electron chi connectivity index (χ2n) is 3.16. The van der Waals surface area contributed by atoms with E-state index >= 15 is 0 Å². The van der Waals surface area contributed by atoms with Crippen molar-refractivity contribution >= 4 is 6.08 Å². The monoisotopic (exact) mass is 190 g/mol. The molecule has 1 atom stereocenters. The third kappa shape index (κ3) is 5.58. The molecule has 0 radical (unpaired) electrons. The lowest BCUT2D eigenvalue weighted by Crippen LogP contribution is -1.83. The second kappa shape index (κ2) is 8.55. The van der Waals surface area contributed by atoms with Crippen LogP contribution in [0.3, 0.4) is 0 Å². The molecule has 0 nitrogen and oxygen atoms in total. The zero-order chi connectivity index (χ0) is 10.8. The van der Waals surface area contributed by atoms with Crippen LogP contribution >= 0.6 is 0 Å². The van der Waals surface area contributed by atoms with Crippen LogP contribution in [0.15, 0.2) is 36.4 Å². The molecule has 0 aliphatic heterocycles. The average molecular weight is 190 g/mol. The Labute approximate surface area is 88.7 Å². The van der Waals surface area contributed by atoms with Gasteiger partial charge in [-0.2, -0.15) is 0 Å². The average Bonchev–Trinajstić information content (AvgIpc) is 2.30. The first-order valence-electron chi connectivity index (χ1n) is 5.56. The largest absolute Gasteiger partial charge is 0.0811 e. The fourth-order valence-electron chi connectivity index (χ4n) is 0.976. The maximum absolute atomic E-state index is 2.26. The predicted octanol–water partition coefficient (Wildman–Crippen LogP) is 4.77. The first-order chi connectivity index (χ1) is 6.83. The van der Waals surface area contributed by atoms with Gasteiger partial charge in [-0.15, -0.1) is 0 Å². The lowest BCUT2D eigenvalue weighted by Gasteiger charge is -1.98. The zero-order valence-electron chi connectivity index (χ0n) is 9.83. The Morgan fingerprint density at radius 2 is 1.71 bits per heavy atom. The molecule has 0 saturated carbocycles. The normalized spacial score (nSPS) is 12.0. The molecule has 0 aliphatic carbocycles. The predicted molar refractivity (Wildman–Crippen MR) is 66.3 cm³/mol. The van der Waals surface area contributed by atoms with Crippen molar-refractivity contribution in [2.24, 2.45) is 5.92 Å². The van der Waals surface area contributed by atoms with Gasteiger partial charge in [0.1, 0.15) is 0 Å². The highest BCUT2D eigenvalue weighted by Gasteiger charge is 1.90. The summed E-state index contributed by atoms with van der Waals surface area (Å²) in [6, 6.07) is 10.4. The Kier molecular flexibility index (Phi) is 7.92. The minimum atomic E-state index is 0.685. The number of hydrogen-bond acceptors (Lipinski definition) is 0. The van der Waals surface area contributed by atoms with Crippen LogP contribution in [-0.2, 0) is 0 Å². The van der Waals surface area contributed by atoms with Gasteiger partial charge in [-0.1, -0.05) is 76.6 Å². The molecule has 0 bridgehead atoms.